The van der Waals surface area contributed by atoms with Gasteiger partial charge in [-0.1, -0.05) is 65.1 Å². The van der Waals surface area contributed by atoms with Crippen molar-refractivity contribution in [1.82, 2.24) is 10.6 Å². The second-order valence-corrected chi connectivity index (χ2v) is 7.64. The fourth-order valence-corrected chi connectivity index (χ4v) is 2.62. The Labute approximate surface area is 151 Å². The maximum atomic E-state index is 12.0. The molecule has 0 saturated carbocycles. The number of halogens is 3. The molecule has 1 aromatic carbocycles. The van der Waals surface area contributed by atoms with Gasteiger partial charge in [0.1, 0.15) is 6.17 Å². The summed E-state index contributed by atoms with van der Waals surface area (Å²) >= 11 is 17.8. The molecule has 2 rings (SSSR count). The highest BCUT2D eigenvalue weighted by Gasteiger charge is 2.34. The van der Waals surface area contributed by atoms with Crippen molar-refractivity contribution in [3.63, 3.8) is 0 Å². The Morgan fingerprint density at radius 2 is 2.09 bits per heavy atom. The first kappa shape index (κ1) is 18.6. The molecule has 1 heterocycles. The minimum absolute atomic E-state index is 0.0848. The molecule has 2 atom stereocenters. The lowest BCUT2D eigenvalue weighted by Crippen LogP contribution is -2.54. The number of nitrogens with one attached hydrogen (secondary N) is 2. The fourth-order valence-electron chi connectivity index (χ4n) is 2.23. The van der Waals surface area contributed by atoms with E-state index in [4.69, 9.17) is 39.5 Å². The van der Waals surface area contributed by atoms with Gasteiger partial charge >= 0.3 is 0 Å². The minimum Gasteiger partial charge on any atom is -0.377 e. The van der Waals surface area contributed by atoms with Crippen molar-refractivity contribution < 1.29 is 9.53 Å². The van der Waals surface area contributed by atoms with E-state index >= 15 is 0 Å². The maximum absolute atomic E-state index is 12.0. The summed E-state index contributed by atoms with van der Waals surface area (Å²) in [6, 6.07) is 9.48. The summed E-state index contributed by atoms with van der Waals surface area (Å²) in [4.78, 5) is 12.0. The molecule has 1 amide bonds. The lowest BCUT2D eigenvalue weighted by Gasteiger charge is -2.27. The average molecular weight is 378 g/mol. The van der Waals surface area contributed by atoms with Crippen molar-refractivity contribution in [2.24, 2.45) is 0 Å². The van der Waals surface area contributed by atoms with E-state index in [1.54, 1.807) is 6.08 Å². The number of hydrogen-bond acceptors (Lipinski definition) is 3. The van der Waals surface area contributed by atoms with Crippen LogP contribution in [0.15, 0.2) is 36.4 Å². The number of rotatable bonds is 6. The second kappa shape index (κ2) is 8.90. The summed E-state index contributed by atoms with van der Waals surface area (Å²) < 4.78 is 3.85. The molecule has 1 aliphatic rings. The van der Waals surface area contributed by atoms with Gasteiger partial charge in [0, 0.05) is 19.2 Å². The third-order valence-electron chi connectivity index (χ3n) is 3.41. The molecular weight excluding hydrogens is 359 g/mol. The van der Waals surface area contributed by atoms with Crippen molar-refractivity contribution in [1.29, 1.82) is 0 Å². The van der Waals surface area contributed by atoms with E-state index in [1.807, 2.05) is 30.3 Å². The molecule has 7 heteroatoms. The molecule has 23 heavy (non-hydrogen) atoms. The topological polar surface area (TPSA) is 50.4 Å². The number of carbonyl (C=O) groups excluding carboxylic acids is 1. The Bertz CT molecular complexity index is 526. The Balaban J connectivity index is 1.88. The van der Waals surface area contributed by atoms with Crippen LogP contribution in [0.2, 0.25) is 0 Å². The maximum Gasteiger partial charge on any atom is 0.245 e. The smallest absolute Gasteiger partial charge is 0.245 e. The summed E-state index contributed by atoms with van der Waals surface area (Å²) in [7, 11) is 0. The largest absolute Gasteiger partial charge is 0.377 e. The number of carbonyl (C=O) groups is 1. The standard InChI is InChI=1S/C16H19Cl3N2O2/c17-16(18,19)15(20-11-13-7-4-10-23-13)21-14(22)9-8-12-5-2-1-3-6-12/h1-3,5-6,8-9,13,15,20H,4,7,10-11H2,(H,21,22)/b9-8+/t13-,15+/m0/s1. The molecule has 1 aliphatic heterocycles. The fraction of sp³-hybridized carbons (Fsp3) is 0.438. The Hall–Kier alpha value is -0.780. The number of ether oxygens (including phenoxy) is 1. The number of alkyl halides is 3. The van der Waals surface area contributed by atoms with Crippen LogP contribution in [0.1, 0.15) is 18.4 Å². The average Bonchev–Trinajstić information content (AvgIpc) is 3.02. The highest BCUT2D eigenvalue weighted by atomic mass is 35.6. The van der Waals surface area contributed by atoms with E-state index < -0.39 is 9.96 Å². The van der Waals surface area contributed by atoms with Crippen molar-refractivity contribution in [2.45, 2.75) is 28.9 Å². The molecule has 0 aromatic heterocycles. The predicted octanol–water partition coefficient (Wildman–Crippen LogP) is 3.28. The first-order valence-corrected chi connectivity index (χ1v) is 8.54. The quantitative estimate of drug-likeness (QED) is 0.454. The van der Waals surface area contributed by atoms with E-state index in [2.05, 4.69) is 10.6 Å². The first-order chi connectivity index (χ1) is 10.9. The molecule has 1 saturated heterocycles. The van der Waals surface area contributed by atoms with Crippen LogP contribution in [0.25, 0.3) is 6.08 Å². The molecule has 0 unspecified atom stereocenters. The predicted molar refractivity (Wildman–Crippen MR) is 94.7 cm³/mol. The third-order valence-corrected chi connectivity index (χ3v) is 4.07. The van der Waals surface area contributed by atoms with Crippen LogP contribution in [0.4, 0.5) is 0 Å². The number of amides is 1. The first-order valence-electron chi connectivity index (χ1n) is 7.40. The molecule has 0 radical (unpaired) electrons. The van der Waals surface area contributed by atoms with Gasteiger partial charge in [0.15, 0.2) is 0 Å². The normalized spacial score (nSPS) is 19.9. The lowest BCUT2D eigenvalue weighted by atomic mass is 10.2. The zero-order valence-electron chi connectivity index (χ0n) is 12.5. The monoisotopic (exact) mass is 376 g/mol. The molecule has 0 aliphatic carbocycles. The van der Waals surface area contributed by atoms with Crippen LogP contribution in [0.3, 0.4) is 0 Å². The Morgan fingerprint density at radius 3 is 2.70 bits per heavy atom. The molecule has 0 bridgehead atoms. The van der Waals surface area contributed by atoms with E-state index in [0.29, 0.717) is 6.54 Å². The molecular formula is C16H19Cl3N2O2. The van der Waals surface area contributed by atoms with Crippen molar-refractivity contribution in [3.05, 3.63) is 42.0 Å². The van der Waals surface area contributed by atoms with Crippen molar-refractivity contribution >= 4 is 46.8 Å². The second-order valence-electron chi connectivity index (χ2n) is 5.27. The number of benzene rings is 1. The van der Waals surface area contributed by atoms with Crippen LogP contribution >= 0.6 is 34.8 Å². The van der Waals surface area contributed by atoms with Crippen LogP contribution in [-0.4, -0.2) is 35.1 Å². The lowest BCUT2D eigenvalue weighted by molar-refractivity contribution is -0.117. The SMILES string of the molecule is O=C(/C=C/c1ccccc1)N[C@@H](NC[C@@H]1CCCO1)C(Cl)(Cl)Cl. The third kappa shape index (κ3) is 6.69. The molecule has 1 aromatic rings. The highest BCUT2D eigenvalue weighted by Crippen LogP contribution is 2.29. The molecule has 2 N–H and O–H groups in total. The minimum atomic E-state index is -1.66. The van der Waals surface area contributed by atoms with Crippen LogP contribution in [-0.2, 0) is 9.53 Å². The molecule has 1 fully saturated rings. The van der Waals surface area contributed by atoms with Gasteiger partial charge < -0.3 is 10.1 Å². The van der Waals surface area contributed by atoms with E-state index in [9.17, 15) is 4.79 Å². The van der Waals surface area contributed by atoms with E-state index in [-0.39, 0.29) is 12.0 Å². The van der Waals surface area contributed by atoms with Crippen molar-refractivity contribution in [3.8, 4) is 0 Å². The van der Waals surface area contributed by atoms with Gasteiger partial charge in [-0.05, 0) is 24.5 Å². The van der Waals surface area contributed by atoms with Gasteiger partial charge in [0.2, 0.25) is 9.70 Å². The van der Waals surface area contributed by atoms with Crippen LogP contribution in [0.5, 0.6) is 0 Å². The Kier molecular flexibility index (Phi) is 7.18. The van der Waals surface area contributed by atoms with Crippen molar-refractivity contribution in [2.75, 3.05) is 13.2 Å². The summed E-state index contributed by atoms with van der Waals surface area (Å²) in [5.74, 6) is -0.343. The van der Waals surface area contributed by atoms with Crippen LogP contribution in [0, 0.1) is 0 Å². The van der Waals surface area contributed by atoms with E-state index in [1.165, 1.54) is 6.08 Å². The zero-order chi connectivity index (χ0) is 16.7. The van der Waals surface area contributed by atoms with Gasteiger partial charge in [0.25, 0.3) is 0 Å². The highest BCUT2D eigenvalue weighted by molar-refractivity contribution is 6.68. The number of hydrogen-bond donors (Lipinski definition) is 2. The van der Waals surface area contributed by atoms with Gasteiger partial charge in [-0.3, -0.25) is 10.1 Å². The summed E-state index contributed by atoms with van der Waals surface area (Å²) in [5, 5.41) is 5.71. The zero-order valence-corrected chi connectivity index (χ0v) is 14.7. The van der Waals surface area contributed by atoms with Gasteiger partial charge in [-0.25, -0.2) is 0 Å². The van der Waals surface area contributed by atoms with Gasteiger partial charge in [0.05, 0.1) is 6.10 Å². The summed E-state index contributed by atoms with van der Waals surface area (Å²) in [6.45, 7) is 1.26. The van der Waals surface area contributed by atoms with E-state index in [0.717, 1.165) is 25.0 Å². The molecule has 4 nitrogen and oxygen atoms in total. The van der Waals surface area contributed by atoms with Gasteiger partial charge in [-0.2, -0.15) is 0 Å². The summed E-state index contributed by atoms with van der Waals surface area (Å²) in [6.07, 6.45) is 4.38. The summed E-state index contributed by atoms with van der Waals surface area (Å²) in [5.41, 5.74) is 0.917. The molecule has 0 spiro atoms. The van der Waals surface area contributed by atoms with Gasteiger partial charge in [-0.15, -0.1) is 0 Å². The Morgan fingerprint density at radius 1 is 1.35 bits per heavy atom. The molecule has 126 valence electrons. The van der Waals surface area contributed by atoms with Crippen LogP contribution < -0.4 is 10.6 Å².